The van der Waals surface area contributed by atoms with Gasteiger partial charge in [-0.25, -0.2) is 18.4 Å². The van der Waals surface area contributed by atoms with Crippen LogP contribution in [-0.2, 0) is 19.5 Å². The second kappa shape index (κ2) is 6.12. The van der Waals surface area contributed by atoms with Gasteiger partial charge in [0.15, 0.2) is 5.69 Å². The van der Waals surface area contributed by atoms with Crippen LogP contribution in [0.25, 0.3) is 0 Å². The average Bonchev–Trinajstić information content (AvgIpc) is 2.84. The number of hydrogen-bond donors (Lipinski definition) is 2. The maximum atomic E-state index is 12.2. The minimum atomic E-state index is -4.07. The first-order valence-corrected chi connectivity index (χ1v) is 8.25. The molecule has 21 heavy (non-hydrogen) atoms. The fraction of sp³-hybridized carbons (Fsp3) is 0.667. The molecule has 0 saturated carbocycles. The molecule has 0 atom stereocenters. The number of hydrogen-bond acceptors (Lipinski definition) is 6. The van der Waals surface area contributed by atoms with Crippen molar-refractivity contribution < 1.29 is 22.7 Å². The molecule has 0 aromatic carbocycles. The number of ether oxygens (including phenoxy) is 2. The number of carbonyl (C=O) groups excluding carboxylic acids is 1. The predicted octanol–water partition coefficient (Wildman–Crippen LogP) is 0.516. The van der Waals surface area contributed by atoms with Crippen molar-refractivity contribution in [1.29, 1.82) is 0 Å². The monoisotopic (exact) mass is 317 g/mol. The van der Waals surface area contributed by atoms with Gasteiger partial charge in [0, 0.05) is 12.8 Å². The van der Waals surface area contributed by atoms with E-state index in [1.807, 2.05) is 0 Å². The fourth-order valence-electron chi connectivity index (χ4n) is 2.16. The molecule has 1 saturated heterocycles. The Labute approximate surface area is 123 Å². The van der Waals surface area contributed by atoms with Gasteiger partial charge < -0.3 is 9.47 Å². The number of esters is 1. The number of carbonyl (C=O) groups is 1. The third-order valence-corrected chi connectivity index (χ3v) is 4.23. The molecule has 9 heteroatoms. The summed E-state index contributed by atoms with van der Waals surface area (Å²) in [6.07, 6.45) is 0.870. The van der Waals surface area contributed by atoms with E-state index in [1.54, 1.807) is 13.8 Å². The Morgan fingerprint density at radius 2 is 2.05 bits per heavy atom. The quantitative estimate of drug-likeness (QED) is 0.780. The summed E-state index contributed by atoms with van der Waals surface area (Å²) in [7, 11) is -4.07. The summed E-state index contributed by atoms with van der Waals surface area (Å²) in [6, 6.07) is 0. The maximum absolute atomic E-state index is 12.2. The van der Waals surface area contributed by atoms with Crippen molar-refractivity contribution in [3.05, 3.63) is 11.4 Å². The van der Waals surface area contributed by atoms with Crippen molar-refractivity contribution in [2.45, 2.75) is 43.6 Å². The maximum Gasteiger partial charge on any atom is 0.360 e. The van der Waals surface area contributed by atoms with Gasteiger partial charge in [0.25, 0.3) is 0 Å². The van der Waals surface area contributed by atoms with Crippen LogP contribution in [0.15, 0.2) is 4.90 Å². The van der Waals surface area contributed by atoms with Crippen LogP contribution in [0.1, 0.15) is 48.8 Å². The van der Waals surface area contributed by atoms with Gasteiger partial charge in [-0.2, -0.15) is 5.10 Å². The number of aromatic amines is 1. The third-order valence-electron chi connectivity index (χ3n) is 3.25. The second-order valence-electron chi connectivity index (χ2n) is 5.23. The van der Waals surface area contributed by atoms with Crippen molar-refractivity contribution in [1.82, 2.24) is 10.2 Å². The lowest BCUT2D eigenvalue weighted by Crippen LogP contribution is -2.27. The molecule has 0 aliphatic carbocycles. The molecule has 2 rings (SSSR count). The van der Waals surface area contributed by atoms with Gasteiger partial charge >= 0.3 is 5.97 Å². The molecular weight excluding hydrogens is 298 g/mol. The number of sulfonamides is 1. The minimum absolute atomic E-state index is 0.171. The van der Waals surface area contributed by atoms with Crippen LogP contribution in [0.5, 0.6) is 0 Å². The Balaban J connectivity index is 2.28. The zero-order chi connectivity index (χ0) is 15.6. The molecule has 1 fully saturated rings. The van der Waals surface area contributed by atoms with E-state index in [0.717, 1.165) is 0 Å². The van der Waals surface area contributed by atoms with Crippen LogP contribution in [-0.4, -0.2) is 43.9 Å². The molecule has 2 heterocycles. The molecule has 0 bridgehead atoms. The third kappa shape index (κ3) is 3.60. The highest BCUT2D eigenvalue weighted by atomic mass is 32.2. The molecule has 1 aromatic rings. The summed E-state index contributed by atoms with van der Waals surface area (Å²) >= 11 is 0. The molecule has 1 aliphatic heterocycles. The largest absolute Gasteiger partial charge is 0.457 e. The van der Waals surface area contributed by atoms with E-state index in [1.165, 1.54) is 0 Å². The van der Waals surface area contributed by atoms with Gasteiger partial charge in [0.2, 0.25) is 10.0 Å². The smallest absolute Gasteiger partial charge is 0.360 e. The lowest BCUT2D eigenvalue weighted by atomic mass is 10.1. The van der Waals surface area contributed by atoms with E-state index in [9.17, 15) is 13.2 Å². The first kappa shape index (κ1) is 15.9. The molecule has 0 amide bonds. The molecule has 8 nitrogen and oxygen atoms in total. The number of aromatic nitrogens is 2. The van der Waals surface area contributed by atoms with Crippen LogP contribution in [0.4, 0.5) is 0 Å². The van der Waals surface area contributed by atoms with E-state index in [-0.39, 0.29) is 22.6 Å². The number of rotatable bonds is 4. The zero-order valence-corrected chi connectivity index (χ0v) is 12.8. The van der Waals surface area contributed by atoms with E-state index >= 15 is 0 Å². The highest BCUT2D eigenvalue weighted by Gasteiger charge is 2.31. The van der Waals surface area contributed by atoms with E-state index < -0.39 is 16.0 Å². The number of nitrogens with two attached hydrogens (primary N) is 1. The highest BCUT2D eigenvalue weighted by molar-refractivity contribution is 7.89. The normalized spacial score (nSPS) is 17.1. The fourth-order valence-corrected chi connectivity index (χ4v) is 3.15. The summed E-state index contributed by atoms with van der Waals surface area (Å²) in [6.45, 7) is 4.57. The molecule has 118 valence electrons. The van der Waals surface area contributed by atoms with E-state index in [4.69, 9.17) is 14.6 Å². The van der Waals surface area contributed by atoms with Gasteiger partial charge in [0.1, 0.15) is 11.0 Å². The highest BCUT2D eigenvalue weighted by Crippen LogP contribution is 2.25. The van der Waals surface area contributed by atoms with Crippen molar-refractivity contribution >= 4 is 16.0 Å². The Bertz CT molecular complexity index is 617. The van der Waals surface area contributed by atoms with Crippen LogP contribution in [0.2, 0.25) is 0 Å². The summed E-state index contributed by atoms with van der Waals surface area (Å²) in [5.74, 6) is -0.954. The lowest BCUT2D eigenvalue weighted by Gasteiger charge is -2.21. The van der Waals surface area contributed by atoms with Crippen molar-refractivity contribution in [2.75, 3.05) is 13.2 Å². The molecule has 0 unspecified atom stereocenters. The molecular formula is C12H19N3O5S. The molecule has 1 aliphatic rings. The van der Waals surface area contributed by atoms with Gasteiger partial charge in [-0.15, -0.1) is 0 Å². The summed E-state index contributed by atoms with van der Waals surface area (Å²) < 4.78 is 33.9. The number of nitrogens with zero attached hydrogens (tertiary/aromatic N) is 1. The van der Waals surface area contributed by atoms with Gasteiger partial charge in [-0.1, -0.05) is 13.8 Å². The molecule has 0 spiro atoms. The van der Waals surface area contributed by atoms with Gasteiger partial charge in [-0.05, 0) is 5.92 Å². The summed E-state index contributed by atoms with van der Waals surface area (Å²) in [4.78, 5) is 11.9. The Hall–Kier alpha value is -1.45. The summed E-state index contributed by atoms with van der Waals surface area (Å²) in [5, 5.41) is 11.5. The summed E-state index contributed by atoms with van der Waals surface area (Å²) in [5.41, 5.74) is 0.0177. The topological polar surface area (TPSA) is 124 Å². The SMILES string of the molecule is CC(C)c1[nH]nc(C(=O)OC2CCOCC2)c1S(N)(=O)=O. The van der Waals surface area contributed by atoms with E-state index in [0.29, 0.717) is 31.7 Å². The predicted molar refractivity (Wildman–Crippen MR) is 73.3 cm³/mol. The van der Waals surface area contributed by atoms with Crippen LogP contribution < -0.4 is 5.14 Å². The molecule has 0 radical (unpaired) electrons. The Morgan fingerprint density at radius 3 is 2.57 bits per heavy atom. The molecule has 1 aromatic heterocycles. The second-order valence-corrected chi connectivity index (χ2v) is 6.73. The number of H-pyrrole nitrogens is 1. The zero-order valence-electron chi connectivity index (χ0n) is 12.0. The van der Waals surface area contributed by atoms with Crippen molar-refractivity contribution in [3.63, 3.8) is 0 Å². The Kier molecular flexibility index (Phi) is 4.64. The van der Waals surface area contributed by atoms with Crippen molar-refractivity contribution in [2.24, 2.45) is 5.14 Å². The lowest BCUT2D eigenvalue weighted by molar-refractivity contribution is -0.0166. The standard InChI is InChI=1S/C12H19N3O5S/c1-7(2)9-11(21(13,17)18)10(15-14-9)12(16)20-8-3-5-19-6-4-8/h7-8H,3-6H2,1-2H3,(H,14,15)(H2,13,17,18). The van der Waals surface area contributed by atoms with Gasteiger partial charge in [0.05, 0.1) is 18.9 Å². The molecule has 3 N–H and O–H groups in total. The van der Waals surface area contributed by atoms with E-state index in [2.05, 4.69) is 10.2 Å². The van der Waals surface area contributed by atoms with Gasteiger partial charge in [-0.3, -0.25) is 5.10 Å². The first-order chi connectivity index (χ1) is 9.80. The first-order valence-electron chi connectivity index (χ1n) is 6.70. The average molecular weight is 317 g/mol. The minimum Gasteiger partial charge on any atom is -0.457 e. The van der Waals surface area contributed by atoms with Crippen LogP contribution in [0, 0.1) is 0 Å². The van der Waals surface area contributed by atoms with Crippen LogP contribution in [0.3, 0.4) is 0 Å². The Morgan fingerprint density at radius 1 is 1.43 bits per heavy atom. The number of primary sulfonamides is 1. The van der Waals surface area contributed by atoms with Crippen molar-refractivity contribution in [3.8, 4) is 0 Å². The van der Waals surface area contributed by atoms with Crippen LogP contribution >= 0.6 is 0 Å². The number of nitrogens with one attached hydrogen (secondary N) is 1.